The molecule has 2 bridgehead atoms. The summed E-state index contributed by atoms with van der Waals surface area (Å²) in [6.07, 6.45) is 3.09. The van der Waals surface area contributed by atoms with Gasteiger partial charge in [0.25, 0.3) is 0 Å². The molecule has 1 fully saturated rings. The number of rotatable bonds is 4. The molecule has 2 aromatic rings. The summed E-state index contributed by atoms with van der Waals surface area (Å²) in [4.78, 5) is 15.5. The lowest BCUT2D eigenvalue weighted by molar-refractivity contribution is -0.123. The van der Waals surface area contributed by atoms with Crippen molar-refractivity contribution in [1.82, 2.24) is 10.2 Å². The Kier molecular flexibility index (Phi) is 5.14. The highest BCUT2D eigenvalue weighted by Gasteiger charge is 2.50. The Bertz CT molecular complexity index is 1080. The minimum Gasteiger partial charge on any atom is -0.508 e. The molecule has 160 valence electrons. The number of benzene rings is 2. The van der Waals surface area contributed by atoms with E-state index in [1.807, 2.05) is 12.1 Å². The molecule has 0 spiro atoms. The monoisotopic (exact) mass is 428 g/mol. The van der Waals surface area contributed by atoms with Gasteiger partial charge in [0, 0.05) is 17.7 Å². The van der Waals surface area contributed by atoms with Crippen LogP contribution in [-0.4, -0.2) is 56.3 Å². The number of carbonyl (C=O) groups excluding carboxylic acids is 1. The highest BCUT2D eigenvalue weighted by atomic mass is 32.2. The standard InChI is InChI=1S/C23H28N2O4S/c1-23-10-11-25(2)20(13-16-6-7-17(26)14-19(16)23)22(23)24-21(27)12-15-4-8-18(9-5-15)30(3,28)29/h4-9,14,20,22,26H,10-13H2,1-3H3,(H,24,27)/t20-,22+,23-/m1/s1. The van der Waals surface area contributed by atoms with Crippen LogP contribution < -0.4 is 5.32 Å². The molecule has 0 unspecified atom stereocenters. The molecular formula is C23H28N2O4S. The van der Waals surface area contributed by atoms with Crippen LogP contribution in [0.1, 0.15) is 30.0 Å². The Morgan fingerprint density at radius 2 is 1.93 bits per heavy atom. The van der Waals surface area contributed by atoms with Gasteiger partial charge in [0.1, 0.15) is 5.75 Å². The van der Waals surface area contributed by atoms with Gasteiger partial charge in [-0.05, 0) is 67.4 Å². The fourth-order valence-electron chi connectivity index (χ4n) is 5.00. The van der Waals surface area contributed by atoms with Crippen LogP contribution in [0.3, 0.4) is 0 Å². The number of fused-ring (bicyclic) bond motifs is 4. The molecule has 6 nitrogen and oxygen atoms in total. The summed E-state index contributed by atoms with van der Waals surface area (Å²) in [6, 6.07) is 12.2. The fourth-order valence-corrected chi connectivity index (χ4v) is 5.63. The van der Waals surface area contributed by atoms with Crippen LogP contribution in [0.4, 0.5) is 0 Å². The molecule has 1 heterocycles. The van der Waals surface area contributed by atoms with E-state index in [0.29, 0.717) is 0 Å². The number of carbonyl (C=O) groups is 1. The smallest absolute Gasteiger partial charge is 0.224 e. The second-order valence-electron chi connectivity index (χ2n) is 8.90. The van der Waals surface area contributed by atoms with Crippen molar-refractivity contribution in [2.75, 3.05) is 19.8 Å². The van der Waals surface area contributed by atoms with Crippen molar-refractivity contribution in [3.8, 4) is 5.75 Å². The van der Waals surface area contributed by atoms with Gasteiger partial charge in [-0.2, -0.15) is 0 Å². The lowest BCUT2D eigenvalue weighted by atomic mass is 9.61. The van der Waals surface area contributed by atoms with Gasteiger partial charge < -0.3 is 15.3 Å². The van der Waals surface area contributed by atoms with E-state index in [1.165, 1.54) is 11.8 Å². The van der Waals surface area contributed by atoms with Crippen LogP contribution in [0.5, 0.6) is 5.75 Å². The summed E-state index contributed by atoms with van der Waals surface area (Å²) in [5.74, 6) is 0.172. The van der Waals surface area contributed by atoms with E-state index in [-0.39, 0.29) is 40.5 Å². The van der Waals surface area contributed by atoms with Gasteiger partial charge in [-0.25, -0.2) is 8.42 Å². The molecule has 1 amide bonds. The lowest BCUT2D eigenvalue weighted by Crippen LogP contribution is -2.67. The van der Waals surface area contributed by atoms with E-state index < -0.39 is 9.84 Å². The molecule has 2 aliphatic rings. The number of piperidine rings is 1. The highest BCUT2D eigenvalue weighted by Crippen LogP contribution is 2.45. The third-order valence-electron chi connectivity index (χ3n) is 6.79. The number of nitrogens with one attached hydrogen (secondary N) is 1. The van der Waals surface area contributed by atoms with Gasteiger partial charge in [-0.1, -0.05) is 25.1 Å². The average molecular weight is 429 g/mol. The average Bonchev–Trinajstić information content (AvgIpc) is 2.67. The number of likely N-dealkylation sites (N-methyl/N-ethyl adjacent to an activating group) is 1. The van der Waals surface area contributed by atoms with Crippen molar-refractivity contribution in [2.45, 2.75) is 48.6 Å². The largest absolute Gasteiger partial charge is 0.508 e. The van der Waals surface area contributed by atoms with E-state index in [0.717, 1.165) is 30.5 Å². The third kappa shape index (κ3) is 3.72. The first-order valence-corrected chi connectivity index (χ1v) is 12.1. The molecular weight excluding hydrogens is 400 g/mol. The molecule has 7 heteroatoms. The number of hydrogen-bond donors (Lipinski definition) is 2. The first-order valence-electron chi connectivity index (χ1n) is 10.2. The second-order valence-corrected chi connectivity index (χ2v) is 10.9. The Labute approximate surface area is 177 Å². The number of phenolic OH excluding ortho intramolecular Hbond substituents is 1. The van der Waals surface area contributed by atoms with Crippen molar-refractivity contribution in [3.05, 3.63) is 59.2 Å². The molecule has 0 radical (unpaired) electrons. The van der Waals surface area contributed by atoms with Crippen molar-refractivity contribution < 1.29 is 18.3 Å². The highest BCUT2D eigenvalue weighted by molar-refractivity contribution is 7.90. The molecule has 30 heavy (non-hydrogen) atoms. The number of amides is 1. The molecule has 2 N–H and O–H groups in total. The summed E-state index contributed by atoms with van der Waals surface area (Å²) in [5.41, 5.74) is 2.88. The molecule has 1 aliphatic carbocycles. The second kappa shape index (κ2) is 7.39. The molecule has 0 saturated carbocycles. The topological polar surface area (TPSA) is 86.7 Å². The Morgan fingerprint density at radius 1 is 1.23 bits per heavy atom. The molecule has 4 rings (SSSR count). The summed E-state index contributed by atoms with van der Waals surface area (Å²) < 4.78 is 23.3. The SMILES string of the molecule is CN1CC[C@]2(C)c3cc(O)ccc3C[C@@H]1[C@@H]2NC(=O)Cc1ccc(S(C)(=O)=O)cc1. The minimum absolute atomic E-state index is 0.0617. The summed E-state index contributed by atoms with van der Waals surface area (Å²) in [7, 11) is -1.16. The fraction of sp³-hybridized carbons (Fsp3) is 0.435. The first kappa shape index (κ1) is 20.9. The third-order valence-corrected chi connectivity index (χ3v) is 7.92. The Hall–Kier alpha value is -2.38. The molecule has 1 saturated heterocycles. The van der Waals surface area contributed by atoms with Crippen molar-refractivity contribution >= 4 is 15.7 Å². The van der Waals surface area contributed by atoms with Crippen LogP contribution in [0.15, 0.2) is 47.4 Å². The lowest BCUT2D eigenvalue weighted by Gasteiger charge is -2.54. The number of aromatic hydroxyl groups is 1. The Balaban J connectivity index is 1.56. The van der Waals surface area contributed by atoms with Gasteiger partial charge >= 0.3 is 0 Å². The number of hydrogen-bond acceptors (Lipinski definition) is 5. The normalized spacial score (nSPS) is 26.1. The predicted molar refractivity (Wildman–Crippen MR) is 115 cm³/mol. The number of sulfone groups is 1. The minimum atomic E-state index is -3.25. The quantitative estimate of drug-likeness (QED) is 0.778. The zero-order valence-electron chi connectivity index (χ0n) is 17.6. The van der Waals surface area contributed by atoms with Crippen molar-refractivity contribution in [3.63, 3.8) is 0 Å². The van der Waals surface area contributed by atoms with Crippen LogP contribution in [0.25, 0.3) is 0 Å². The Morgan fingerprint density at radius 3 is 2.60 bits per heavy atom. The van der Waals surface area contributed by atoms with E-state index >= 15 is 0 Å². The van der Waals surface area contributed by atoms with E-state index in [9.17, 15) is 18.3 Å². The molecule has 2 aromatic carbocycles. The number of phenols is 1. The molecule has 0 aromatic heterocycles. The van der Waals surface area contributed by atoms with Crippen LogP contribution in [0.2, 0.25) is 0 Å². The molecule has 1 aliphatic heterocycles. The summed E-state index contributed by atoms with van der Waals surface area (Å²) in [5, 5.41) is 13.3. The predicted octanol–water partition coefficient (Wildman–Crippen LogP) is 2.04. The molecule has 3 atom stereocenters. The van der Waals surface area contributed by atoms with Gasteiger partial charge in [0.15, 0.2) is 9.84 Å². The van der Waals surface area contributed by atoms with Gasteiger partial charge in [-0.3, -0.25) is 4.79 Å². The number of nitrogens with zero attached hydrogens (tertiary/aromatic N) is 1. The maximum absolute atomic E-state index is 12.9. The van der Waals surface area contributed by atoms with E-state index in [4.69, 9.17) is 0 Å². The van der Waals surface area contributed by atoms with E-state index in [2.05, 4.69) is 24.2 Å². The van der Waals surface area contributed by atoms with Crippen LogP contribution in [-0.2, 0) is 32.9 Å². The van der Waals surface area contributed by atoms with Crippen LogP contribution >= 0.6 is 0 Å². The van der Waals surface area contributed by atoms with Gasteiger partial charge in [0.05, 0.1) is 17.4 Å². The number of likely N-dealkylation sites (tertiary alicyclic amines) is 1. The van der Waals surface area contributed by atoms with Crippen molar-refractivity contribution in [2.24, 2.45) is 0 Å². The van der Waals surface area contributed by atoms with Crippen molar-refractivity contribution in [1.29, 1.82) is 0 Å². The van der Waals surface area contributed by atoms with Crippen LogP contribution in [0, 0.1) is 0 Å². The van der Waals surface area contributed by atoms with Gasteiger partial charge in [0.2, 0.25) is 5.91 Å². The maximum Gasteiger partial charge on any atom is 0.224 e. The summed E-state index contributed by atoms with van der Waals surface area (Å²) in [6.45, 7) is 3.12. The maximum atomic E-state index is 12.9. The zero-order chi connectivity index (χ0) is 21.7. The first-order chi connectivity index (χ1) is 14.1. The van der Waals surface area contributed by atoms with E-state index in [1.54, 1.807) is 30.3 Å². The zero-order valence-corrected chi connectivity index (χ0v) is 18.4. The van der Waals surface area contributed by atoms with Gasteiger partial charge in [-0.15, -0.1) is 0 Å². The summed E-state index contributed by atoms with van der Waals surface area (Å²) >= 11 is 0.